The largest absolute Gasteiger partial charge is 0.480 e. The molecule has 1 unspecified atom stereocenters. The van der Waals surface area contributed by atoms with E-state index in [0.29, 0.717) is 15.7 Å². The predicted molar refractivity (Wildman–Crippen MR) is 82.2 cm³/mol. The molecule has 6 nitrogen and oxygen atoms in total. The average Bonchev–Trinajstić information content (AvgIpc) is 2.79. The summed E-state index contributed by atoms with van der Waals surface area (Å²) in [6, 6.07) is 3.72. The molecule has 8 heteroatoms. The number of carboxylic acid groups (broad SMARTS) is 1. The number of halogens is 2. The number of aliphatic carboxylic acids is 1. The van der Waals surface area contributed by atoms with Gasteiger partial charge in [0.1, 0.15) is 6.04 Å². The first-order valence-corrected chi connectivity index (χ1v) is 7.33. The van der Waals surface area contributed by atoms with E-state index in [1.807, 2.05) is 0 Å². The van der Waals surface area contributed by atoms with Gasteiger partial charge in [-0.3, -0.25) is 14.4 Å². The summed E-state index contributed by atoms with van der Waals surface area (Å²) in [7, 11) is 0. The fourth-order valence-corrected chi connectivity index (χ4v) is 2.74. The lowest BCUT2D eigenvalue weighted by molar-refractivity contribution is -0.141. The summed E-state index contributed by atoms with van der Waals surface area (Å²) in [4.78, 5) is 36.3. The van der Waals surface area contributed by atoms with Crippen LogP contribution < -0.4 is 10.2 Å². The van der Waals surface area contributed by atoms with Gasteiger partial charge in [0.05, 0.1) is 5.92 Å². The maximum Gasteiger partial charge on any atom is 0.325 e. The Balaban J connectivity index is 2.10. The van der Waals surface area contributed by atoms with Gasteiger partial charge < -0.3 is 15.3 Å². The van der Waals surface area contributed by atoms with Crippen molar-refractivity contribution in [3.05, 3.63) is 28.2 Å². The summed E-state index contributed by atoms with van der Waals surface area (Å²) in [6.45, 7) is 1.53. The Hall–Kier alpha value is -1.79. The molecule has 0 aromatic heterocycles. The zero-order chi connectivity index (χ0) is 16.4. The number of rotatable bonds is 4. The first kappa shape index (κ1) is 16.6. The van der Waals surface area contributed by atoms with Crippen LogP contribution in [0.4, 0.5) is 5.69 Å². The number of nitrogens with zero attached hydrogens (tertiary/aromatic N) is 1. The van der Waals surface area contributed by atoms with Crippen molar-refractivity contribution in [3.63, 3.8) is 0 Å². The molecule has 2 N–H and O–H groups in total. The molecule has 2 rings (SSSR count). The van der Waals surface area contributed by atoms with Crippen LogP contribution in [-0.4, -0.2) is 35.5 Å². The van der Waals surface area contributed by atoms with Crippen LogP contribution in [-0.2, 0) is 14.4 Å². The van der Waals surface area contributed by atoms with Gasteiger partial charge in [-0.2, -0.15) is 0 Å². The second-order valence-corrected chi connectivity index (χ2v) is 5.97. The minimum absolute atomic E-state index is 0.0162. The lowest BCUT2D eigenvalue weighted by Crippen LogP contribution is -2.42. The summed E-state index contributed by atoms with van der Waals surface area (Å²) in [5.74, 6) is -2.43. The molecule has 1 heterocycles. The topological polar surface area (TPSA) is 86.7 Å². The summed E-state index contributed by atoms with van der Waals surface area (Å²) >= 11 is 11.8. The quantitative estimate of drug-likeness (QED) is 0.873. The lowest BCUT2D eigenvalue weighted by atomic mass is 10.1. The first-order valence-electron chi connectivity index (χ1n) is 6.57. The van der Waals surface area contributed by atoms with Gasteiger partial charge in [-0.15, -0.1) is 0 Å². The van der Waals surface area contributed by atoms with Gasteiger partial charge in [-0.05, 0) is 25.1 Å². The highest BCUT2D eigenvalue weighted by atomic mass is 35.5. The normalized spacial score (nSPS) is 19.1. The maximum atomic E-state index is 12.1. The molecule has 0 aliphatic carbocycles. The van der Waals surface area contributed by atoms with Gasteiger partial charge >= 0.3 is 5.97 Å². The number of carboxylic acids is 1. The third-order valence-corrected chi connectivity index (χ3v) is 3.82. The SMILES string of the molecule is C[C@@H](NC(=O)C1CC(=O)N(c2cc(Cl)cc(Cl)c2)C1)C(=O)O. The number of hydrogen-bond donors (Lipinski definition) is 2. The molecule has 2 amide bonds. The maximum absolute atomic E-state index is 12.1. The molecule has 1 aromatic rings. The van der Waals surface area contributed by atoms with Crippen molar-refractivity contribution in [2.45, 2.75) is 19.4 Å². The highest BCUT2D eigenvalue weighted by Crippen LogP contribution is 2.30. The van der Waals surface area contributed by atoms with Crippen molar-refractivity contribution >= 4 is 46.7 Å². The standard InChI is InChI=1S/C14H14Cl2N2O4/c1-7(14(21)22)17-13(20)8-2-12(19)18(6-8)11-4-9(15)3-10(16)5-11/h3-5,7-8H,2,6H2,1H3,(H,17,20)(H,21,22)/t7-,8?/m1/s1. The van der Waals surface area contributed by atoms with Gasteiger partial charge in [0.2, 0.25) is 11.8 Å². The molecule has 1 aliphatic rings. The summed E-state index contributed by atoms with van der Waals surface area (Å²) in [5, 5.41) is 11.9. The molecule has 0 saturated carbocycles. The van der Waals surface area contributed by atoms with Gasteiger partial charge in [0, 0.05) is 28.7 Å². The van der Waals surface area contributed by atoms with Crippen molar-refractivity contribution in [2.75, 3.05) is 11.4 Å². The number of hydrogen-bond acceptors (Lipinski definition) is 3. The summed E-state index contributed by atoms with van der Waals surface area (Å²) < 4.78 is 0. The van der Waals surface area contributed by atoms with Crippen LogP contribution in [0.1, 0.15) is 13.3 Å². The van der Waals surface area contributed by atoms with Crippen molar-refractivity contribution < 1.29 is 19.5 Å². The Labute approximate surface area is 137 Å². The zero-order valence-corrected chi connectivity index (χ0v) is 13.2. The fourth-order valence-electron chi connectivity index (χ4n) is 2.22. The van der Waals surface area contributed by atoms with Crippen LogP contribution in [0.3, 0.4) is 0 Å². The van der Waals surface area contributed by atoms with E-state index in [-0.39, 0.29) is 18.9 Å². The number of carbonyl (C=O) groups excluding carboxylic acids is 2. The first-order chi connectivity index (χ1) is 10.3. The minimum atomic E-state index is -1.13. The van der Waals surface area contributed by atoms with Crippen molar-refractivity contribution in [2.24, 2.45) is 5.92 Å². The summed E-state index contributed by atoms with van der Waals surface area (Å²) in [5.41, 5.74) is 0.518. The molecule has 0 spiro atoms. The Bertz CT molecular complexity index is 615. The molecular weight excluding hydrogens is 331 g/mol. The molecule has 1 fully saturated rings. The van der Waals surface area contributed by atoms with Crippen LogP contribution in [0.5, 0.6) is 0 Å². The predicted octanol–water partition coefficient (Wildman–Crippen LogP) is 1.94. The summed E-state index contributed by atoms with van der Waals surface area (Å²) in [6.07, 6.45) is 0.0162. The van der Waals surface area contributed by atoms with E-state index >= 15 is 0 Å². The van der Waals surface area contributed by atoms with Gasteiger partial charge in [-0.25, -0.2) is 0 Å². The van der Waals surface area contributed by atoms with E-state index < -0.39 is 23.8 Å². The number of nitrogens with one attached hydrogen (secondary N) is 1. The fraction of sp³-hybridized carbons (Fsp3) is 0.357. The smallest absolute Gasteiger partial charge is 0.325 e. The molecule has 2 atom stereocenters. The number of benzene rings is 1. The second-order valence-electron chi connectivity index (χ2n) is 5.10. The highest BCUT2D eigenvalue weighted by Gasteiger charge is 2.36. The van der Waals surface area contributed by atoms with Crippen molar-refractivity contribution in [1.82, 2.24) is 5.32 Å². The molecule has 118 valence electrons. The van der Waals surface area contributed by atoms with E-state index in [9.17, 15) is 14.4 Å². The molecular formula is C14H14Cl2N2O4. The van der Waals surface area contributed by atoms with Gasteiger partial charge in [0.25, 0.3) is 0 Å². The Morgan fingerprint density at radius 2 is 1.91 bits per heavy atom. The highest BCUT2D eigenvalue weighted by molar-refractivity contribution is 6.35. The Morgan fingerprint density at radius 3 is 2.45 bits per heavy atom. The van der Waals surface area contributed by atoms with Crippen LogP contribution in [0.2, 0.25) is 10.0 Å². The van der Waals surface area contributed by atoms with Crippen molar-refractivity contribution in [1.29, 1.82) is 0 Å². The molecule has 0 radical (unpaired) electrons. The monoisotopic (exact) mass is 344 g/mol. The lowest BCUT2D eigenvalue weighted by Gasteiger charge is -2.18. The van der Waals surface area contributed by atoms with Crippen LogP contribution in [0.15, 0.2) is 18.2 Å². The molecule has 1 aliphatic heterocycles. The number of carbonyl (C=O) groups is 3. The zero-order valence-electron chi connectivity index (χ0n) is 11.7. The molecule has 1 saturated heterocycles. The second kappa shape index (κ2) is 6.54. The average molecular weight is 345 g/mol. The molecule has 22 heavy (non-hydrogen) atoms. The van der Waals surface area contributed by atoms with E-state index in [1.54, 1.807) is 18.2 Å². The third kappa shape index (κ3) is 3.69. The van der Waals surface area contributed by atoms with E-state index in [0.717, 1.165) is 0 Å². The molecule has 0 bridgehead atoms. The van der Waals surface area contributed by atoms with Gasteiger partial charge in [0.15, 0.2) is 0 Å². The Morgan fingerprint density at radius 1 is 1.32 bits per heavy atom. The van der Waals surface area contributed by atoms with Crippen LogP contribution >= 0.6 is 23.2 Å². The van der Waals surface area contributed by atoms with Gasteiger partial charge in [-0.1, -0.05) is 23.2 Å². The van der Waals surface area contributed by atoms with Crippen molar-refractivity contribution in [3.8, 4) is 0 Å². The van der Waals surface area contributed by atoms with E-state index in [1.165, 1.54) is 11.8 Å². The van der Waals surface area contributed by atoms with Crippen LogP contribution in [0, 0.1) is 5.92 Å². The van der Waals surface area contributed by atoms with Crippen LogP contribution in [0.25, 0.3) is 0 Å². The number of anilines is 1. The van der Waals surface area contributed by atoms with E-state index in [4.69, 9.17) is 28.3 Å². The minimum Gasteiger partial charge on any atom is -0.480 e. The number of amides is 2. The third-order valence-electron chi connectivity index (χ3n) is 3.38. The molecule has 1 aromatic carbocycles. The van der Waals surface area contributed by atoms with E-state index in [2.05, 4.69) is 5.32 Å². The Kier molecular flexibility index (Phi) is 4.93.